The van der Waals surface area contributed by atoms with Crippen LogP contribution < -0.4 is 14.4 Å². The molecule has 0 aliphatic heterocycles. The summed E-state index contributed by atoms with van der Waals surface area (Å²) in [6.45, 7) is 0.924. The van der Waals surface area contributed by atoms with Crippen molar-refractivity contribution in [3.63, 3.8) is 0 Å². The fourth-order valence-electron chi connectivity index (χ4n) is 3.27. The van der Waals surface area contributed by atoms with Crippen LogP contribution in [0.4, 0.5) is 16.5 Å². The monoisotopic (exact) mass is 525 g/mol. The molecule has 35 heavy (non-hydrogen) atoms. The maximum atomic E-state index is 13.5. The number of fused-ring (bicyclic) bond motifs is 1. The van der Waals surface area contributed by atoms with E-state index in [0.29, 0.717) is 35.1 Å². The number of ether oxygens (including phenoxy) is 2. The summed E-state index contributed by atoms with van der Waals surface area (Å²) >= 11 is 1.23. The van der Waals surface area contributed by atoms with Crippen LogP contribution in [0.1, 0.15) is 16.8 Å². The van der Waals surface area contributed by atoms with Gasteiger partial charge in [-0.25, -0.2) is 4.98 Å². The van der Waals surface area contributed by atoms with Gasteiger partial charge in [0.25, 0.3) is 17.3 Å². The van der Waals surface area contributed by atoms with E-state index >= 15 is 0 Å². The van der Waals surface area contributed by atoms with E-state index < -0.39 is 27.1 Å². The van der Waals surface area contributed by atoms with E-state index in [1.807, 2.05) is 19.0 Å². The molecule has 12 nitrogen and oxygen atoms in total. The first-order valence-electron chi connectivity index (χ1n) is 10.1. The van der Waals surface area contributed by atoms with Gasteiger partial charge in [-0.05, 0) is 27.1 Å². The number of carbonyl (C=O) groups is 1. The zero-order valence-electron chi connectivity index (χ0n) is 19.4. The number of halogens is 1. The lowest BCUT2D eigenvalue weighted by Gasteiger charge is -2.21. The number of aromatic nitrogens is 1. The Morgan fingerprint density at radius 2 is 1.54 bits per heavy atom. The van der Waals surface area contributed by atoms with Crippen LogP contribution in [0.25, 0.3) is 10.2 Å². The molecular formula is C21H24ClN5O7S. The van der Waals surface area contributed by atoms with Crippen LogP contribution in [-0.4, -0.2) is 67.0 Å². The van der Waals surface area contributed by atoms with Crippen molar-refractivity contribution >= 4 is 56.4 Å². The van der Waals surface area contributed by atoms with Crippen LogP contribution in [0.5, 0.6) is 11.5 Å². The molecule has 0 N–H and O–H groups in total. The van der Waals surface area contributed by atoms with Crippen molar-refractivity contribution in [3.05, 3.63) is 56.1 Å². The molecule has 1 heterocycles. The van der Waals surface area contributed by atoms with E-state index in [1.165, 1.54) is 30.5 Å². The summed E-state index contributed by atoms with van der Waals surface area (Å²) in [5, 5.41) is 22.9. The van der Waals surface area contributed by atoms with Gasteiger partial charge in [0.2, 0.25) is 0 Å². The highest BCUT2D eigenvalue weighted by atomic mass is 35.5. The highest BCUT2D eigenvalue weighted by Gasteiger charge is 2.26. The maximum absolute atomic E-state index is 13.5. The minimum absolute atomic E-state index is 0. The Bertz CT molecular complexity index is 1180. The Labute approximate surface area is 210 Å². The molecule has 0 unspecified atom stereocenters. The van der Waals surface area contributed by atoms with E-state index in [2.05, 4.69) is 4.98 Å². The van der Waals surface area contributed by atoms with Crippen LogP contribution in [-0.2, 0) is 0 Å². The zero-order valence-corrected chi connectivity index (χ0v) is 21.1. The lowest BCUT2D eigenvalue weighted by atomic mass is 10.1. The number of thiazole rings is 1. The molecule has 0 bridgehead atoms. The lowest BCUT2D eigenvalue weighted by molar-refractivity contribution is -0.394. The van der Waals surface area contributed by atoms with E-state index in [1.54, 1.807) is 12.1 Å². The van der Waals surface area contributed by atoms with Gasteiger partial charge in [0.15, 0.2) is 16.6 Å². The van der Waals surface area contributed by atoms with Crippen molar-refractivity contribution in [3.8, 4) is 11.5 Å². The Hall–Kier alpha value is -3.55. The minimum Gasteiger partial charge on any atom is -0.493 e. The quantitative estimate of drug-likeness (QED) is 0.282. The lowest BCUT2D eigenvalue weighted by Crippen LogP contribution is -2.33. The number of hydrogen-bond donors (Lipinski definition) is 0. The number of methoxy groups -OCH3 is 2. The number of anilines is 1. The summed E-state index contributed by atoms with van der Waals surface area (Å²) in [4.78, 5) is 42.4. The average molecular weight is 526 g/mol. The first-order valence-corrected chi connectivity index (χ1v) is 10.9. The third-order valence-electron chi connectivity index (χ3n) is 4.92. The molecule has 14 heteroatoms. The summed E-state index contributed by atoms with van der Waals surface area (Å²) in [6, 6.07) is 6.33. The largest absolute Gasteiger partial charge is 0.493 e. The predicted molar refractivity (Wildman–Crippen MR) is 135 cm³/mol. The molecule has 0 atom stereocenters. The predicted octanol–water partition coefficient (Wildman–Crippen LogP) is 4.15. The van der Waals surface area contributed by atoms with Crippen molar-refractivity contribution < 1.29 is 24.1 Å². The summed E-state index contributed by atoms with van der Waals surface area (Å²) in [7, 11) is 6.81. The number of nitro groups is 2. The fraction of sp³-hybridized carbons (Fsp3) is 0.333. The second-order valence-electron chi connectivity index (χ2n) is 7.54. The normalized spacial score (nSPS) is 10.7. The number of nitrogens with zero attached hydrogens (tertiary/aromatic N) is 5. The van der Waals surface area contributed by atoms with Gasteiger partial charge in [0.05, 0.1) is 45.9 Å². The third-order valence-corrected chi connectivity index (χ3v) is 5.96. The maximum Gasteiger partial charge on any atom is 0.277 e. The molecule has 0 saturated carbocycles. The number of carbonyl (C=O) groups excluding carboxylic acids is 1. The molecule has 0 aliphatic rings. The van der Waals surface area contributed by atoms with Gasteiger partial charge < -0.3 is 14.4 Å². The van der Waals surface area contributed by atoms with Crippen LogP contribution >= 0.6 is 23.7 Å². The van der Waals surface area contributed by atoms with Crippen molar-refractivity contribution in [2.75, 3.05) is 46.3 Å². The average Bonchev–Trinajstić information content (AvgIpc) is 3.22. The van der Waals surface area contributed by atoms with Crippen LogP contribution in [0.2, 0.25) is 0 Å². The SMILES string of the molecule is COc1cc2nc(N(CCCN(C)C)C(=O)c3cc([N+](=O)[O-])cc([N+](=O)[O-])c3)sc2cc1OC.Cl. The second kappa shape index (κ2) is 11.7. The molecule has 0 spiro atoms. The van der Waals surface area contributed by atoms with Crippen LogP contribution in [0.15, 0.2) is 30.3 Å². The summed E-state index contributed by atoms with van der Waals surface area (Å²) in [5.41, 5.74) is -0.664. The molecule has 1 amide bonds. The van der Waals surface area contributed by atoms with Crippen molar-refractivity contribution in [2.45, 2.75) is 6.42 Å². The highest BCUT2D eigenvalue weighted by molar-refractivity contribution is 7.22. The first kappa shape index (κ1) is 27.7. The molecule has 0 aliphatic carbocycles. The molecule has 0 saturated heterocycles. The molecule has 3 rings (SSSR count). The Morgan fingerprint density at radius 3 is 2.06 bits per heavy atom. The minimum atomic E-state index is -0.767. The standard InChI is InChI=1S/C21H23N5O7S.ClH/c1-23(2)6-5-7-24(20(27)13-8-14(25(28)29)10-15(9-13)26(30)31)21-22-16-11-17(32-3)18(33-4)12-19(16)34-21;/h8-12H,5-7H2,1-4H3;1H. The van der Waals surface area contributed by atoms with E-state index in [4.69, 9.17) is 9.47 Å². The number of hydrogen-bond acceptors (Lipinski definition) is 10. The number of benzene rings is 2. The summed E-state index contributed by atoms with van der Waals surface area (Å²) in [5.74, 6) is 0.361. The number of non-ortho nitro benzene ring substituents is 2. The number of amides is 1. The smallest absolute Gasteiger partial charge is 0.277 e. The van der Waals surface area contributed by atoms with E-state index in [0.717, 1.165) is 22.9 Å². The van der Waals surface area contributed by atoms with Gasteiger partial charge in [-0.15, -0.1) is 12.4 Å². The molecule has 0 fully saturated rings. The Kier molecular flexibility index (Phi) is 9.28. The van der Waals surface area contributed by atoms with Crippen LogP contribution in [0, 0.1) is 20.2 Å². The molecule has 2 aromatic carbocycles. The summed E-state index contributed by atoms with van der Waals surface area (Å²) < 4.78 is 11.4. The molecule has 1 aromatic heterocycles. The molecule has 0 radical (unpaired) electrons. The Morgan fingerprint density at radius 1 is 0.971 bits per heavy atom. The molecular weight excluding hydrogens is 502 g/mol. The molecule has 3 aromatic rings. The van der Waals surface area contributed by atoms with Crippen molar-refractivity contribution in [1.29, 1.82) is 0 Å². The van der Waals surface area contributed by atoms with Gasteiger partial charge in [-0.2, -0.15) is 0 Å². The summed E-state index contributed by atoms with van der Waals surface area (Å²) in [6.07, 6.45) is 0.582. The van der Waals surface area contributed by atoms with Gasteiger partial charge in [-0.1, -0.05) is 11.3 Å². The first-order chi connectivity index (χ1) is 16.1. The van der Waals surface area contributed by atoms with Crippen molar-refractivity contribution in [2.24, 2.45) is 0 Å². The third kappa shape index (κ3) is 6.32. The van der Waals surface area contributed by atoms with Gasteiger partial charge in [0.1, 0.15) is 0 Å². The molecule has 188 valence electrons. The van der Waals surface area contributed by atoms with Gasteiger partial charge in [-0.3, -0.25) is 29.9 Å². The zero-order chi connectivity index (χ0) is 25.0. The number of nitro benzene ring substituents is 2. The van der Waals surface area contributed by atoms with Crippen LogP contribution in [0.3, 0.4) is 0 Å². The van der Waals surface area contributed by atoms with E-state index in [-0.39, 0.29) is 24.5 Å². The topological polar surface area (TPSA) is 141 Å². The van der Waals surface area contributed by atoms with E-state index in [9.17, 15) is 25.0 Å². The van der Waals surface area contributed by atoms with Gasteiger partial charge >= 0.3 is 0 Å². The Balaban J connectivity index is 0.00000432. The second-order valence-corrected chi connectivity index (χ2v) is 8.55. The van der Waals surface area contributed by atoms with Gasteiger partial charge in [0, 0.05) is 30.8 Å². The van der Waals surface area contributed by atoms with Crippen molar-refractivity contribution in [1.82, 2.24) is 9.88 Å². The highest BCUT2D eigenvalue weighted by Crippen LogP contribution is 2.38. The number of rotatable bonds is 10. The fourth-order valence-corrected chi connectivity index (χ4v) is 4.27.